The van der Waals surface area contributed by atoms with Crippen molar-refractivity contribution < 1.29 is 4.74 Å². The first kappa shape index (κ1) is 18.3. The Hall–Kier alpha value is -3.03. The maximum absolute atomic E-state index is 9.49. The number of nitriles is 1. The third-order valence-electron chi connectivity index (χ3n) is 5.45. The fourth-order valence-corrected chi connectivity index (χ4v) is 3.98. The molecule has 0 saturated carbocycles. The Morgan fingerprint density at radius 1 is 0.893 bits per heavy atom. The van der Waals surface area contributed by atoms with E-state index in [0.717, 1.165) is 41.7 Å². The second-order valence-electron chi connectivity index (χ2n) is 7.21. The largest absolute Gasteiger partial charge is 0.497 e. The molecule has 4 heteroatoms. The summed E-state index contributed by atoms with van der Waals surface area (Å²) >= 11 is 0. The van der Waals surface area contributed by atoms with Crippen molar-refractivity contribution in [2.45, 2.75) is 25.8 Å². The lowest BCUT2D eigenvalue weighted by Crippen LogP contribution is -2.42. The highest BCUT2D eigenvalue weighted by Gasteiger charge is 2.21. The van der Waals surface area contributed by atoms with Gasteiger partial charge in [0.15, 0.2) is 0 Å². The molecule has 0 aliphatic carbocycles. The van der Waals surface area contributed by atoms with Crippen LogP contribution in [0.25, 0.3) is 10.8 Å². The van der Waals surface area contributed by atoms with Gasteiger partial charge in [0, 0.05) is 30.4 Å². The van der Waals surface area contributed by atoms with E-state index in [2.05, 4.69) is 46.4 Å². The molecule has 28 heavy (non-hydrogen) atoms. The molecule has 1 saturated heterocycles. The molecule has 0 atom stereocenters. The van der Waals surface area contributed by atoms with Crippen LogP contribution in [0.2, 0.25) is 0 Å². The van der Waals surface area contributed by atoms with Gasteiger partial charge in [-0.15, -0.1) is 0 Å². The van der Waals surface area contributed by atoms with Crippen molar-refractivity contribution in [3.8, 4) is 11.8 Å². The number of hydrogen-bond donors (Lipinski definition) is 0. The number of hydrogen-bond acceptors (Lipinski definition) is 4. The van der Waals surface area contributed by atoms with E-state index in [0.29, 0.717) is 0 Å². The Morgan fingerprint density at radius 3 is 2.39 bits per heavy atom. The number of rotatable bonds is 4. The van der Waals surface area contributed by atoms with Gasteiger partial charge in [0.05, 0.1) is 24.4 Å². The van der Waals surface area contributed by atoms with Crippen molar-refractivity contribution in [3.63, 3.8) is 0 Å². The van der Waals surface area contributed by atoms with E-state index >= 15 is 0 Å². The first-order chi connectivity index (χ1) is 13.8. The quantitative estimate of drug-likeness (QED) is 0.637. The van der Waals surface area contributed by atoms with E-state index in [9.17, 15) is 5.26 Å². The molecule has 4 nitrogen and oxygen atoms in total. The molecule has 0 radical (unpaired) electrons. The normalized spacial score (nSPS) is 15.2. The number of ether oxygens (including phenoxy) is 1. The predicted octanol–water partition coefficient (Wildman–Crippen LogP) is 5.13. The molecule has 1 aliphatic heterocycles. The van der Waals surface area contributed by atoms with Gasteiger partial charge in [-0.2, -0.15) is 5.26 Å². The van der Waals surface area contributed by atoms with E-state index in [1.54, 1.807) is 7.11 Å². The van der Waals surface area contributed by atoms with Crippen molar-refractivity contribution in [2.75, 3.05) is 25.2 Å². The first-order valence-corrected chi connectivity index (χ1v) is 9.87. The Morgan fingerprint density at radius 2 is 1.64 bits per heavy atom. The van der Waals surface area contributed by atoms with Crippen LogP contribution in [-0.4, -0.2) is 25.2 Å². The third-order valence-corrected chi connectivity index (χ3v) is 5.45. The van der Waals surface area contributed by atoms with Crippen LogP contribution in [-0.2, 0) is 6.54 Å². The van der Waals surface area contributed by atoms with Gasteiger partial charge in [-0.05, 0) is 42.7 Å². The zero-order chi connectivity index (χ0) is 19.3. The maximum atomic E-state index is 9.49. The number of benzene rings is 3. The summed E-state index contributed by atoms with van der Waals surface area (Å²) in [6, 6.07) is 22.9. The van der Waals surface area contributed by atoms with Crippen LogP contribution >= 0.6 is 0 Å². The second kappa shape index (κ2) is 8.33. The molecule has 3 aromatic carbocycles. The predicted molar refractivity (Wildman–Crippen MR) is 113 cm³/mol. The van der Waals surface area contributed by atoms with Gasteiger partial charge in [-0.25, -0.2) is 5.01 Å². The van der Waals surface area contributed by atoms with Crippen molar-refractivity contribution in [3.05, 3.63) is 71.8 Å². The average molecular weight is 371 g/mol. The van der Waals surface area contributed by atoms with E-state index in [1.807, 2.05) is 30.3 Å². The average Bonchev–Trinajstić information content (AvgIpc) is 2.99. The maximum Gasteiger partial charge on any atom is 0.118 e. The van der Waals surface area contributed by atoms with Crippen LogP contribution in [0, 0.1) is 11.3 Å². The number of nitrogens with zero attached hydrogens (tertiary/aromatic N) is 3. The van der Waals surface area contributed by atoms with Gasteiger partial charge >= 0.3 is 0 Å². The van der Waals surface area contributed by atoms with E-state index in [4.69, 9.17) is 4.74 Å². The van der Waals surface area contributed by atoms with Crippen LogP contribution in [0.3, 0.4) is 0 Å². The Labute approximate surface area is 166 Å². The van der Waals surface area contributed by atoms with Gasteiger partial charge in [-0.1, -0.05) is 42.8 Å². The SMILES string of the molecule is COc1ccc(CN2CCCCCN2c2ccc(C#N)c3ccccc23)cc1. The molecular weight excluding hydrogens is 346 g/mol. The van der Waals surface area contributed by atoms with E-state index < -0.39 is 0 Å². The fourth-order valence-electron chi connectivity index (χ4n) is 3.98. The van der Waals surface area contributed by atoms with Gasteiger partial charge in [0.1, 0.15) is 5.75 Å². The third kappa shape index (κ3) is 3.67. The lowest BCUT2D eigenvalue weighted by molar-refractivity contribution is 0.253. The van der Waals surface area contributed by atoms with Crippen molar-refractivity contribution in [1.82, 2.24) is 5.01 Å². The molecule has 0 N–H and O–H groups in total. The van der Waals surface area contributed by atoms with Gasteiger partial charge in [0.25, 0.3) is 0 Å². The molecule has 0 aromatic heterocycles. The number of methoxy groups -OCH3 is 1. The van der Waals surface area contributed by atoms with Crippen LogP contribution in [0.1, 0.15) is 30.4 Å². The number of hydrazine groups is 1. The zero-order valence-electron chi connectivity index (χ0n) is 16.3. The summed E-state index contributed by atoms with van der Waals surface area (Å²) < 4.78 is 5.29. The Bertz CT molecular complexity index is 991. The molecule has 1 aliphatic rings. The van der Waals surface area contributed by atoms with Crippen LogP contribution in [0.5, 0.6) is 5.75 Å². The zero-order valence-corrected chi connectivity index (χ0v) is 16.3. The summed E-state index contributed by atoms with van der Waals surface area (Å²) in [6.07, 6.45) is 3.61. The van der Waals surface area contributed by atoms with Gasteiger partial charge in [-0.3, -0.25) is 0 Å². The minimum atomic E-state index is 0.732. The summed E-state index contributed by atoms with van der Waals surface area (Å²) in [5.41, 5.74) is 3.19. The van der Waals surface area contributed by atoms with Crippen molar-refractivity contribution >= 4 is 16.5 Å². The molecule has 0 unspecified atom stereocenters. The highest BCUT2D eigenvalue weighted by Crippen LogP contribution is 2.32. The second-order valence-corrected chi connectivity index (χ2v) is 7.21. The van der Waals surface area contributed by atoms with Gasteiger partial charge in [0.2, 0.25) is 0 Å². The lowest BCUT2D eigenvalue weighted by Gasteiger charge is -2.36. The van der Waals surface area contributed by atoms with Crippen molar-refractivity contribution in [2.24, 2.45) is 0 Å². The van der Waals surface area contributed by atoms with Crippen LogP contribution in [0.15, 0.2) is 60.7 Å². The summed E-state index contributed by atoms with van der Waals surface area (Å²) in [4.78, 5) is 0. The molecule has 1 fully saturated rings. The topological polar surface area (TPSA) is 39.5 Å². The summed E-state index contributed by atoms with van der Waals surface area (Å²) in [7, 11) is 1.70. The molecule has 0 spiro atoms. The summed E-state index contributed by atoms with van der Waals surface area (Å²) in [5, 5.41) is 16.5. The van der Waals surface area contributed by atoms with E-state index in [-0.39, 0.29) is 0 Å². The van der Waals surface area contributed by atoms with E-state index in [1.165, 1.54) is 30.5 Å². The van der Waals surface area contributed by atoms with Crippen LogP contribution < -0.4 is 9.75 Å². The molecule has 0 amide bonds. The van der Waals surface area contributed by atoms with Gasteiger partial charge < -0.3 is 9.75 Å². The highest BCUT2D eigenvalue weighted by molar-refractivity contribution is 5.97. The fraction of sp³-hybridized carbons (Fsp3) is 0.292. The smallest absolute Gasteiger partial charge is 0.118 e. The lowest BCUT2D eigenvalue weighted by atomic mass is 10.0. The standard InChI is InChI=1S/C24H25N3O/c1-28-21-12-9-19(10-13-21)18-26-15-5-2-6-16-27(26)24-14-11-20(17-25)22-7-3-4-8-23(22)24/h3-4,7-14H,2,5-6,15-16,18H2,1H3. The van der Waals surface area contributed by atoms with Crippen molar-refractivity contribution in [1.29, 1.82) is 5.26 Å². The first-order valence-electron chi connectivity index (χ1n) is 9.87. The minimum Gasteiger partial charge on any atom is -0.497 e. The Kier molecular flexibility index (Phi) is 5.45. The van der Waals surface area contributed by atoms with Crippen LogP contribution in [0.4, 0.5) is 5.69 Å². The number of fused-ring (bicyclic) bond motifs is 1. The highest BCUT2D eigenvalue weighted by atomic mass is 16.5. The number of anilines is 1. The Balaban J connectivity index is 1.71. The minimum absolute atomic E-state index is 0.732. The summed E-state index contributed by atoms with van der Waals surface area (Å²) in [6.45, 7) is 2.88. The molecule has 0 bridgehead atoms. The molecule has 4 rings (SSSR count). The molecule has 1 heterocycles. The summed E-state index contributed by atoms with van der Waals surface area (Å²) in [5.74, 6) is 0.884. The molecular formula is C24H25N3O. The molecule has 3 aromatic rings. The monoisotopic (exact) mass is 371 g/mol. The molecule has 142 valence electrons.